The number of hydrogen-bond donors (Lipinski definition) is 2. The van der Waals surface area contributed by atoms with Crippen LogP contribution in [0, 0.1) is 6.92 Å². The summed E-state index contributed by atoms with van der Waals surface area (Å²) in [6.07, 6.45) is 0.0254. The Kier molecular flexibility index (Phi) is 10.3. The number of nitrogens with one attached hydrogen (secondary N) is 1. The number of aryl methyl sites for hydroxylation is 1. The van der Waals surface area contributed by atoms with Gasteiger partial charge in [-0.05, 0) is 62.1 Å². The van der Waals surface area contributed by atoms with Gasteiger partial charge in [-0.25, -0.2) is 4.79 Å². The van der Waals surface area contributed by atoms with Crippen molar-refractivity contribution in [2.24, 2.45) is 0 Å². The zero-order valence-electron chi connectivity index (χ0n) is 23.9. The molecular weight excluding hydrogens is 561 g/mol. The quantitative estimate of drug-likeness (QED) is 0.231. The number of aliphatic carboxylic acids is 1. The van der Waals surface area contributed by atoms with Crippen LogP contribution in [0.25, 0.3) is 16.9 Å². The Morgan fingerprint density at radius 2 is 1.65 bits per heavy atom. The summed E-state index contributed by atoms with van der Waals surface area (Å²) in [4.78, 5) is 30.5. The predicted molar refractivity (Wildman–Crippen MR) is 154 cm³/mol. The van der Waals surface area contributed by atoms with Crippen LogP contribution in [0.4, 0.5) is 13.2 Å². The highest BCUT2D eigenvalue weighted by Crippen LogP contribution is 2.30. The third-order valence-corrected chi connectivity index (χ3v) is 6.65. The van der Waals surface area contributed by atoms with Crippen LogP contribution in [0.3, 0.4) is 0 Å². The first kappa shape index (κ1) is 31.4. The van der Waals surface area contributed by atoms with Gasteiger partial charge in [0.2, 0.25) is 0 Å². The Labute approximate surface area is 247 Å². The van der Waals surface area contributed by atoms with Crippen molar-refractivity contribution in [1.82, 2.24) is 30.2 Å². The van der Waals surface area contributed by atoms with E-state index in [4.69, 9.17) is 9.90 Å². The van der Waals surface area contributed by atoms with E-state index < -0.39 is 12.1 Å². The maximum Gasteiger partial charge on any atom is 0.490 e. The summed E-state index contributed by atoms with van der Waals surface area (Å²) in [5, 5.41) is 19.6. The van der Waals surface area contributed by atoms with Gasteiger partial charge in [-0.15, -0.1) is 5.10 Å². The van der Waals surface area contributed by atoms with Gasteiger partial charge in [0, 0.05) is 30.9 Å². The van der Waals surface area contributed by atoms with Gasteiger partial charge in [-0.1, -0.05) is 55.5 Å². The first-order valence-corrected chi connectivity index (χ1v) is 13.9. The van der Waals surface area contributed by atoms with Gasteiger partial charge >= 0.3 is 12.1 Å². The van der Waals surface area contributed by atoms with Gasteiger partial charge in [-0.2, -0.15) is 23.1 Å². The lowest BCUT2D eigenvalue weighted by molar-refractivity contribution is -0.192. The van der Waals surface area contributed by atoms with Crippen LogP contribution in [0.5, 0.6) is 0 Å². The summed E-state index contributed by atoms with van der Waals surface area (Å²) in [7, 11) is 0. The molecule has 1 aliphatic rings. The third-order valence-electron chi connectivity index (χ3n) is 6.65. The molecule has 2 aromatic carbocycles. The predicted octanol–water partition coefficient (Wildman–Crippen LogP) is 5.58. The molecule has 0 unspecified atom stereocenters. The molecule has 0 atom stereocenters. The largest absolute Gasteiger partial charge is 0.490 e. The second-order valence-corrected chi connectivity index (χ2v) is 10.2. The summed E-state index contributed by atoms with van der Waals surface area (Å²) < 4.78 is 31.7. The molecule has 0 spiro atoms. The number of benzene rings is 2. The molecule has 12 heteroatoms. The van der Waals surface area contributed by atoms with E-state index in [1.54, 1.807) is 4.80 Å². The van der Waals surface area contributed by atoms with Crippen LogP contribution in [0.1, 0.15) is 53.5 Å². The molecule has 0 aliphatic heterocycles. The lowest BCUT2D eigenvalue weighted by Gasteiger charge is -2.22. The maximum atomic E-state index is 13.5. The number of amides is 1. The molecule has 1 aliphatic carbocycles. The number of carboxylic acids is 1. The number of hydrogen-bond acceptors (Lipinski definition) is 6. The van der Waals surface area contributed by atoms with Crippen LogP contribution < -0.4 is 5.32 Å². The number of rotatable bonds is 10. The smallest absolute Gasteiger partial charge is 0.475 e. The van der Waals surface area contributed by atoms with Crippen LogP contribution in [0.15, 0.2) is 72.9 Å². The zero-order valence-corrected chi connectivity index (χ0v) is 23.9. The number of aromatic nitrogens is 4. The monoisotopic (exact) mass is 594 g/mol. The number of carbonyl (C=O) groups excluding carboxylic acids is 1. The summed E-state index contributed by atoms with van der Waals surface area (Å²) >= 11 is 0. The first-order chi connectivity index (χ1) is 20.6. The van der Waals surface area contributed by atoms with Gasteiger partial charge in [-0.3, -0.25) is 9.78 Å². The van der Waals surface area contributed by atoms with Gasteiger partial charge in [0.15, 0.2) is 5.69 Å². The van der Waals surface area contributed by atoms with Gasteiger partial charge in [0.1, 0.15) is 0 Å². The van der Waals surface area contributed by atoms with Gasteiger partial charge in [0.25, 0.3) is 5.91 Å². The number of halogens is 3. The van der Waals surface area contributed by atoms with Crippen LogP contribution in [-0.2, 0) is 17.9 Å². The summed E-state index contributed by atoms with van der Waals surface area (Å²) in [6.45, 7) is 6.41. The molecule has 5 rings (SSSR count). The number of pyridine rings is 1. The lowest BCUT2D eigenvalue weighted by atomic mass is 10.1. The average molecular weight is 595 g/mol. The lowest BCUT2D eigenvalue weighted by Crippen LogP contribution is -2.33. The zero-order chi connectivity index (χ0) is 31.0. The van der Waals surface area contributed by atoms with Crippen molar-refractivity contribution in [3.63, 3.8) is 0 Å². The molecule has 0 radical (unpaired) electrons. The first-order valence-electron chi connectivity index (χ1n) is 13.9. The molecule has 1 fully saturated rings. The van der Waals surface area contributed by atoms with Crippen molar-refractivity contribution in [3.8, 4) is 16.9 Å². The minimum absolute atomic E-state index is 0.0600. The van der Waals surface area contributed by atoms with Crippen molar-refractivity contribution in [3.05, 3.63) is 95.4 Å². The highest BCUT2D eigenvalue weighted by Gasteiger charge is 2.38. The molecule has 1 saturated carbocycles. The average Bonchev–Trinajstić information content (AvgIpc) is 3.77. The van der Waals surface area contributed by atoms with Gasteiger partial charge in [0.05, 0.1) is 17.1 Å². The Hall–Kier alpha value is -4.58. The van der Waals surface area contributed by atoms with E-state index in [9.17, 15) is 18.0 Å². The van der Waals surface area contributed by atoms with E-state index in [-0.39, 0.29) is 11.9 Å². The number of nitrogens with zero attached hydrogens (tertiary/aromatic N) is 5. The number of carbonyl (C=O) groups is 2. The minimum Gasteiger partial charge on any atom is -0.475 e. The van der Waals surface area contributed by atoms with Crippen LogP contribution >= 0.6 is 0 Å². The molecule has 2 N–H and O–H groups in total. The molecule has 9 nitrogen and oxygen atoms in total. The fraction of sp³-hybridized carbons (Fsp3) is 0.323. The SMILES string of the molecule is CCCNCc1ccc(-c2ccc(CN(C(=O)c3nn(-c4ccccc4)nc3C)C3CC3)cc2)nc1.O=C(O)C(F)(F)F. The number of para-hydroxylation sites is 1. The fourth-order valence-electron chi connectivity index (χ4n) is 4.23. The summed E-state index contributed by atoms with van der Waals surface area (Å²) in [5.41, 5.74) is 6.19. The molecular formula is C31H33F3N6O3. The molecule has 226 valence electrons. The Morgan fingerprint density at radius 3 is 2.21 bits per heavy atom. The summed E-state index contributed by atoms with van der Waals surface area (Å²) in [5.74, 6) is -2.82. The van der Waals surface area contributed by atoms with Crippen molar-refractivity contribution in [2.75, 3.05) is 6.54 Å². The van der Waals surface area contributed by atoms with Crippen LogP contribution in [0.2, 0.25) is 0 Å². The highest BCUT2D eigenvalue weighted by molar-refractivity contribution is 5.93. The fourth-order valence-corrected chi connectivity index (χ4v) is 4.23. The van der Waals surface area contributed by atoms with Gasteiger partial charge < -0.3 is 15.3 Å². The van der Waals surface area contributed by atoms with Crippen molar-refractivity contribution < 1.29 is 27.9 Å². The van der Waals surface area contributed by atoms with Crippen molar-refractivity contribution >= 4 is 11.9 Å². The second-order valence-electron chi connectivity index (χ2n) is 10.2. The third kappa shape index (κ3) is 8.71. The van der Waals surface area contributed by atoms with E-state index in [0.717, 1.165) is 54.9 Å². The van der Waals surface area contributed by atoms with E-state index >= 15 is 0 Å². The molecule has 4 aromatic rings. The molecule has 2 aromatic heterocycles. The highest BCUT2D eigenvalue weighted by atomic mass is 19.4. The Balaban J connectivity index is 0.000000541. The molecule has 1 amide bonds. The molecule has 0 saturated heterocycles. The van der Waals surface area contributed by atoms with Crippen molar-refractivity contribution in [2.45, 2.75) is 58.4 Å². The minimum atomic E-state index is -5.08. The molecule has 0 bridgehead atoms. The summed E-state index contributed by atoms with van der Waals surface area (Å²) in [6, 6.07) is 22.5. The number of carboxylic acid groups (broad SMARTS) is 1. The van der Waals surface area contributed by atoms with E-state index in [1.165, 1.54) is 5.56 Å². The molecule has 43 heavy (non-hydrogen) atoms. The van der Waals surface area contributed by atoms with Crippen LogP contribution in [-0.4, -0.2) is 60.6 Å². The Morgan fingerprint density at radius 1 is 1.00 bits per heavy atom. The van der Waals surface area contributed by atoms with Crippen molar-refractivity contribution in [1.29, 1.82) is 0 Å². The normalized spacial score (nSPS) is 12.8. The van der Waals surface area contributed by atoms with E-state index in [0.29, 0.717) is 17.9 Å². The Bertz CT molecular complexity index is 1500. The molecule has 2 heterocycles. The topological polar surface area (TPSA) is 113 Å². The second kappa shape index (κ2) is 14.1. The maximum absolute atomic E-state index is 13.5. The standard InChI is InChI=1S/C29H32N6O.C2HF3O2/c1-3-17-30-18-23-11-16-27(31-19-23)24-12-9-22(10-13-24)20-34(25-14-15-25)29(36)28-21(2)32-35(33-28)26-7-5-4-6-8-26;3-2(4,5)1(6)7/h4-13,16,19,25,30H,3,14-15,17-18,20H2,1-2H3;(H,6,7). The number of alkyl halides is 3. The van der Waals surface area contributed by atoms with E-state index in [2.05, 4.69) is 63.8 Å². The van der Waals surface area contributed by atoms with E-state index in [1.807, 2.05) is 48.4 Å².